The van der Waals surface area contributed by atoms with E-state index in [9.17, 15) is 14.4 Å². The summed E-state index contributed by atoms with van der Waals surface area (Å²) in [5.41, 5.74) is 2.52. The van der Waals surface area contributed by atoms with Crippen LogP contribution in [0.5, 0.6) is 5.75 Å². The molecule has 5 heteroatoms. The van der Waals surface area contributed by atoms with E-state index >= 15 is 0 Å². The van der Waals surface area contributed by atoms with Crippen molar-refractivity contribution >= 4 is 12.0 Å². The Morgan fingerprint density at radius 1 is 1.03 bits per heavy atom. The fraction of sp³-hybridized carbons (Fsp3) is 0.125. The van der Waals surface area contributed by atoms with Gasteiger partial charge in [-0.25, -0.2) is 9.45 Å². The quantitative estimate of drug-likeness (QED) is 0.333. The monoisotopic (exact) mass is 391 g/mol. The van der Waals surface area contributed by atoms with Crippen LogP contribution in [0.2, 0.25) is 0 Å². The number of hydrogen-bond acceptors (Lipinski definition) is 3. The van der Waals surface area contributed by atoms with Gasteiger partial charge < -0.3 is 4.74 Å². The maximum atomic E-state index is 12.9. The van der Waals surface area contributed by atoms with Crippen molar-refractivity contribution in [3.8, 4) is 5.75 Å². The van der Waals surface area contributed by atoms with Crippen LogP contribution in [0.25, 0.3) is 6.08 Å². The van der Waals surface area contributed by atoms with Gasteiger partial charge in [-0.2, -0.15) is 0 Å². The molecule has 1 N–H and O–H groups in total. The summed E-state index contributed by atoms with van der Waals surface area (Å²) in [7, 11) is 0. The zero-order chi connectivity index (χ0) is 20.6. The highest BCUT2D eigenvalue weighted by molar-refractivity contribution is 5.91. The molecule has 3 aromatic carbocycles. The van der Waals surface area contributed by atoms with Gasteiger partial charge in [0, 0.05) is 6.08 Å². The first-order valence-electron chi connectivity index (χ1n) is 9.25. The van der Waals surface area contributed by atoms with Crippen LogP contribution in [0.15, 0.2) is 84.9 Å². The van der Waals surface area contributed by atoms with Gasteiger partial charge in [0.05, 0.1) is 6.04 Å². The van der Waals surface area contributed by atoms with Gasteiger partial charge in [0.2, 0.25) is 0 Å². The average Bonchev–Trinajstić information content (AvgIpc) is 2.77. The first-order valence-corrected chi connectivity index (χ1v) is 9.25. The number of hydroxylamine groups is 2. The van der Waals surface area contributed by atoms with Gasteiger partial charge in [-0.15, -0.1) is 0 Å². The molecule has 0 aromatic heterocycles. The van der Waals surface area contributed by atoms with Crippen LogP contribution in [-0.2, 0) is 11.4 Å². The maximum Gasteiger partial charge on any atom is 0.270 e. The van der Waals surface area contributed by atoms with Crippen LogP contribution in [0.1, 0.15) is 29.7 Å². The molecule has 1 unspecified atom stereocenters. The standard InChI is InChI=1S/C24H22FNO3/c1-18(21-5-3-2-4-6-21)26(28)24(27)16-11-19-9-14-23(15-10-19)29-17-20-7-12-22(25)13-8-20/h2-16,18,28H,17H2,1H3. The molecule has 0 aliphatic rings. The zero-order valence-electron chi connectivity index (χ0n) is 16.0. The number of rotatable bonds is 7. The topological polar surface area (TPSA) is 49.8 Å². The fourth-order valence-electron chi connectivity index (χ4n) is 2.73. The molecule has 3 aromatic rings. The summed E-state index contributed by atoms with van der Waals surface area (Å²) in [5.74, 6) is -0.115. The number of halogens is 1. The minimum Gasteiger partial charge on any atom is -0.489 e. The number of carbonyl (C=O) groups excluding carboxylic acids is 1. The molecule has 148 valence electrons. The molecule has 0 bridgehead atoms. The summed E-state index contributed by atoms with van der Waals surface area (Å²) in [4.78, 5) is 12.2. The number of amides is 1. The Kier molecular flexibility index (Phi) is 6.76. The molecule has 0 aliphatic carbocycles. The van der Waals surface area contributed by atoms with E-state index < -0.39 is 11.9 Å². The van der Waals surface area contributed by atoms with Gasteiger partial charge in [-0.3, -0.25) is 10.0 Å². The lowest BCUT2D eigenvalue weighted by Gasteiger charge is -2.21. The highest BCUT2D eigenvalue weighted by Gasteiger charge is 2.17. The summed E-state index contributed by atoms with van der Waals surface area (Å²) in [6, 6.07) is 22.2. The lowest BCUT2D eigenvalue weighted by molar-refractivity contribution is -0.169. The smallest absolute Gasteiger partial charge is 0.270 e. The second-order valence-electron chi connectivity index (χ2n) is 6.59. The van der Waals surface area contributed by atoms with Crippen LogP contribution in [0, 0.1) is 5.82 Å². The SMILES string of the molecule is CC(c1ccccc1)N(O)C(=O)C=Cc1ccc(OCc2ccc(F)cc2)cc1. The van der Waals surface area contributed by atoms with Gasteiger partial charge in [-0.05, 0) is 54.0 Å². The fourth-order valence-corrected chi connectivity index (χ4v) is 2.73. The summed E-state index contributed by atoms with van der Waals surface area (Å²) < 4.78 is 18.6. The van der Waals surface area contributed by atoms with Crippen molar-refractivity contribution in [2.75, 3.05) is 0 Å². The molecule has 3 rings (SSSR count). The normalized spacial score (nSPS) is 12.0. The molecule has 0 radical (unpaired) electrons. The van der Waals surface area contributed by atoms with E-state index in [1.165, 1.54) is 18.2 Å². The highest BCUT2D eigenvalue weighted by atomic mass is 19.1. The van der Waals surface area contributed by atoms with Crippen LogP contribution < -0.4 is 4.74 Å². The van der Waals surface area contributed by atoms with Crippen LogP contribution in [0.3, 0.4) is 0 Å². The predicted octanol–water partition coefficient (Wildman–Crippen LogP) is 5.40. The van der Waals surface area contributed by atoms with E-state index in [1.54, 1.807) is 37.3 Å². The third-order valence-corrected chi connectivity index (χ3v) is 4.49. The largest absolute Gasteiger partial charge is 0.489 e. The number of nitrogens with zero attached hydrogens (tertiary/aromatic N) is 1. The lowest BCUT2D eigenvalue weighted by atomic mass is 10.1. The van der Waals surface area contributed by atoms with Gasteiger partial charge in [0.1, 0.15) is 18.2 Å². The van der Waals surface area contributed by atoms with Crippen LogP contribution in [0.4, 0.5) is 4.39 Å². The molecule has 29 heavy (non-hydrogen) atoms. The number of benzene rings is 3. The number of hydrogen-bond donors (Lipinski definition) is 1. The van der Waals surface area contributed by atoms with Crippen LogP contribution >= 0.6 is 0 Å². The lowest BCUT2D eigenvalue weighted by Crippen LogP contribution is -2.28. The molecule has 1 atom stereocenters. The first-order chi connectivity index (χ1) is 14.0. The van der Waals surface area contributed by atoms with Gasteiger partial charge >= 0.3 is 0 Å². The van der Waals surface area contributed by atoms with E-state index in [1.807, 2.05) is 42.5 Å². The van der Waals surface area contributed by atoms with E-state index in [0.29, 0.717) is 17.4 Å². The molecule has 0 spiro atoms. The highest BCUT2D eigenvalue weighted by Crippen LogP contribution is 2.19. The van der Waals surface area contributed by atoms with Crippen molar-refractivity contribution in [1.82, 2.24) is 5.06 Å². The number of ether oxygens (including phenoxy) is 1. The Bertz CT molecular complexity index is 954. The Morgan fingerprint density at radius 2 is 1.69 bits per heavy atom. The third-order valence-electron chi connectivity index (χ3n) is 4.49. The van der Waals surface area contributed by atoms with Gasteiger partial charge in [0.25, 0.3) is 5.91 Å². The van der Waals surface area contributed by atoms with Crippen molar-refractivity contribution in [1.29, 1.82) is 0 Å². The van der Waals surface area contributed by atoms with Crippen molar-refractivity contribution in [2.24, 2.45) is 0 Å². The van der Waals surface area contributed by atoms with E-state index in [-0.39, 0.29) is 5.82 Å². The van der Waals surface area contributed by atoms with Crippen LogP contribution in [-0.4, -0.2) is 16.2 Å². The zero-order valence-corrected chi connectivity index (χ0v) is 16.0. The summed E-state index contributed by atoms with van der Waals surface area (Å²) in [6.07, 6.45) is 2.96. The Morgan fingerprint density at radius 3 is 2.34 bits per heavy atom. The van der Waals surface area contributed by atoms with E-state index in [4.69, 9.17) is 4.74 Å². The predicted molar refractivity (Wildman–Crippen MR) is 110 cm³/mol. The Hall–Kier alpha value is -3.44. The second-order valence-corrected chi connectivity index (χ2v) is 6.59. The number of carbonyl (C=O) groups is 1. The van der Waals surface area contributed by atoms with E-state index in [0.717, 1.165) is 16.7 Å². The molecule has 0 aliphatic heterocycles. The molecule has 0 saturated heterocycles. The molecular weight excluding hydrogens is 369 g/mol. The first kappa shape index (κ1) is 20.3. The minimum absolute atomic E-state index is 0.279. The van der Waals surface area contributed by atoms with Crippen molar-refractivity contribution in [2.45, 2.75) is 19.6 Å². The van der Waals surface area contributed by atoms with Crippen molar-refractivity contribution in [3.63, 3.8) is 0 Å². The molecule has 0 heterocycles. The third kappa shape index (κ3) is 5.77. The summed E-state index contributed by atoms with van der Waals surface area (Å²) in [6.45, 7) is 2.10. The van der Waals surface area contributed by atoms with Crippen molar-refractivity contribution < 1.29 is 19.1 Å². The molecule has 1 amide bonds. The molecule has 4 nitrogen and oxygen atoms in total. The van der Waals surface area contributed by atoms with Gasteiger partial charge in [-0.1, -0.05) is 54.6 Å². The second kappa shape index (κ2) is 9.66. The molecule has 0 fully saturated rings. The Balaban J connectivity index is 1.55. The average molecular weight is 391 g/mol. The summed E-state index contributed by atoms with van der Waals surface area (Å²) >= 11 is 0. The summed E-state index contributed by atoms with van der Waals surface area (Å²) in [5, 5.41) is 10.9. The van der Waals surface area contributed by atoms with Crippen molar-refractivity contribution in [3.05, 3.63) is 107 Å². The van der Waals surface area contributed by atoms with Gasteiger partial charge in [0.15, 0.2) is 0 Å². The Labute approximate surface area is 169 Å². The maximum absolute atomic E-state index is 12.9. The molecular formula is C24H22FNO3. The molecule has 0 saturated carbocycles. The van der Waals surface area contributed by atoms with E-state index in [2.05, 4.69) is 0 Å². The minimum atomic E-state index is -0.502.